The molecule has 0 atom stereocenters. The smallest absolute Gasteiger partial charge is 0.136 e. The molecule has 6 heteroatoms. The number of rotatable bonds is 3. The van der Waals surface area contributed by atoms with Gasteiger partial charge in [0.25, 0.3) is 0 Å². The first kappa shape index (κ1) is 12.9. The molecule has 0 saturated carbocycles. The number of nitrogens with one attached hydrogen (secondary N) is 1. The first-order valence-corrected chi connectivity index (χ1v) is 6.19. The summed E-state index contributed by atoms with van der Waals surface area (Å²) in [6.45, 7) is 1.97. The Morgan fingerprint density at radius 3 is 2.39 bits per heavy atom. The molecule has 1 aromatic carbocycles. The van der Waals surface area contributed by atoms with Crippen LogP contribution in [0.4, 0.5) is 17.3 Å². The van der Waals surface area contributed by atoms with Gasteiger partial charge in [0, 0.05) is 28.2 Å². The Kier molecular flexibility index (Phi) is 3.89. The summed E-state index contributed by atoms with van der Waals surface area (Å²) in [4.78, 5) is 8.42. The van der Waals surface area contributed by atoms with Crippen LogP contribution in [0.15, 0.2) is 24.3 Å². The third kappa shape index (κ3) is 3.24. The molecular weight excluding hydrogens is 271 g/mol. The summed E-state index contributed by atoms with van der Waals surface area (Å²) in [6, 6.07) is 6.85. The van der Waals surface area contributed by atoms with Crippen LogP contribution in [-0.4, -0.2) is 9.97 Å². The van der Waals surface area contributed by atoms with Crippen LogP contribution in [0.5, 0.6) is 0 Å². The average Bonchev–Trinajstić information content (AvgIpc) is 2.26. The highest BCUT2D eigenvalue weighted by Gasteiger charge is 2.03. The molecule has 0 aliphatic rings. The number of benzene rings is 1. The SMILES string of the molecule is CCc1nc(N)cc(Nc2cc(Cl)cc(Cl)c2)n1. The van der Waals surface area contributed by atoms with Gasteiger partial charge >= 0.3 is 0 Å². The number of nitrogens with two attached hydrogens (primary N) is 1. The molecule has 0 unspecified atom stereocenters. The predicted octanol–water partition coefficient (Wildman–Crippen LogP) is 3.67. The van der Waals surface area contributed by atoms with Crippen LogP contribution >= 0.6 is 23.2 Å². The van der Waals surface area contributed by atoms with Crippen LogP contribution in [0, 0.1) is 0 Å². The van der Waals surface area contributed by atoms with Crippen LogP contribution in [0.25, 0.3) is 0 Å². The summed E-state index contributed by atoms with van der Waals surface area (Å²) in [7, 11) is 0. The van der Waals surface area contributed by atoms with E-state index in [4.69, 9.17) is 28.9 Å². The Balaban J connectivity index is 2.30. The molecule has 0 bridgehead atoms. The van der Waals surface area contributed by atoms with Crippen molar-refractivity contribution in [1.82, 2.24) is 9.97 Å². The molecule has 0 amide bonds. The second kappa shape index (κ2) is 5.42. The van der Waals surface area contributed by atoms with Crippen molar-refractivity contribution in [3.8, 4) is 0 Å². The van der Waals surface area contributed by atoms with Crippen molar-refractivity contribution in [2.75, 3.05) is 11.1 Å². The third-order valence-electron chi connectivity index (χ3n) is 2.24. The quantitative estimate of drug-likeness (QED) is 0.902. The van der Waals surface area contributed by atoms with Gasteiger partial charge in [0.15, 0.2) is 0 Å². The first-order chi connectivity index (χ1) is 8.56. The molecular formula is C12H12Cl2N4. The molecule has 0 aliphatic heterocycles. The molecule has 0 radical (unpaired) electrons. The molecule has 0 aliphatic carbocycles. The fourth-order valence-corrected chi connectivity index (χ4v) is 2.04. The molecule has 18 heavy (non-hydrogen) atoms. The molecule has 2 rings (SSSR count). The van der Waals surface area contributed by atoms with E-state index in [9.17, 15) is 0 Å². The Labute approximate surface area is 115 Å². The van der Waals surface area contributed by atoms with Gasteiger partial charge in [0.05, 0.1) is 0 Å². The largest absolute Gasteiger partial charge is 0.384 e. The van der Waals surface area contributed by atoms with E-state index in [1.54, 1.807) is 24.3 Å². The zero-order valence-electron chi connectivity index (χ0n) is 9.74. The molecule has 0 spiro atoms. The number of hydrogen-bond donors (Lipinski definition) is 2. The van der Waals surface area contributed by atoms with Gasteiger partial charge in [0.2, 0.25) is 0 Å². The van der Waals surface area contributed by atoms with Crippen molar-refractivity contribution in [1.29, 1.82) is 0 Å². The summed E-state index contributed by atoms with van der Waals surface area (Å²) in [6.07, 6.45) is 0.718. The fraction of sp³-hybridized carbons (Fsp3) is 0.167. The molecule has 1 aromatic heterocycles. The van der Waals surface area contributed by atoms with Gasteiger partial charge in [-0.15, -0.1) is 0 Å². The number of nitrogen functional groups attached to an aromatic ring is 1. The lowest BCUT2D eigenvalue weighted by molar-refractivity contribution is 0.948. The van der Waals surface area contributed by atoms with Gasteiger partial charge in [-0.3, -0.25) is 0 Å². The van der Waals surface area contributed by atoms with Crippen LogP contribution in [-0.2, 0) is 6.42 Å². The van der Waals surface area contributed by atoms with Crippen LogP contribution in [0.2, 0.25) is 10.0 Å². The fourth-order valence-electron chi connectivity index (χ4n) is 1.51. The zero-order valence-corrected chi connectivity index (χ0v) is 11.3. The molecule has 0 fully saturated rings. The van der Waals surface area contributed by atoms with E-state index in [2.05, 4.69) is 15.3 Å². The predicted molar refractivity (Wildman–Crippen MR) is 75.6 cm³/mol. The summed E-state index contributed by atoms with van der Waals surface area (Å²) in [5, 5.41) is 4.22. The van der Waals surface area contributed by atoms with E-state index in [1.165, 1.54) is 0 Å². The number of halogens is 2. The zero-order chi connectivity index (χ0) is 13.1. The maximum Gasteiger partial charge on any atom is 0.136 e. The van der Waals surface area contributed by atoms with Crippen LogP contribution in [0.1, 0.15) is 12.7 Å². The highest BCUT2D eigenvalue weighted by atomic mass is 35.5. The Hall–Kier alpha value is -1.52. The van der Waals surface area contributed by atoms with Crippen molar-refractivity contribution in [3.05, 3.63) is 40.1 Å². The van der Waals surface area contributed by atoms with Gasteiger partial charge < -0.3 is 11.1 Å². The molecule has 0 saturated heterocycles. The van der Waals surface area contributed by atoms with Crippen LogP contribution in [0.3, 0.4) is 0 Å². The van der Waals surface area contributed by atoms with Gasteiger partial charge in [0.1, 0.15) is 17.5 Å². The second-order valence-corrected chi connectivity index (χ2v) is 4.60. The number of aromatic nitrogens is 2. The summed E-state index contributed by atoms with van der Waals surface area (Å²) < 4.78 is 0. The van der Waals surface area contributed by atoms with Crippen molar-refractivity contribution in [3.63, 3.8) is 0 Å². The van der Waals surface area contributed by atoms with Crippen molar-refractivity contribution >= 4 is 40.5 Å². The normalized spacial score (nSPS) is 10.4. The Morgan fingerprint density at radius 2 is 1.78 bits per heavy atom. The minimum absolute atomic E-state index is 0.428. The highest BCUT2D eigenvalue weighted by Crippen LogP contribution is 2.25. The van der Waals surface area contributed by atoms with Crippen molar-refractivity contribution < 1.29 is 0 Å². The number of aryl methyl sites for hydroxylation is 1. The minimum atomic E-state index is 0.428. The van der Waals surface area contributed by atoms with Gasteiger partial charge in [-0.25, -0.2) is 9.97 Å². The van der Waals surface area contributed by atoms with Gasteiger partial charge in [-0.05, 0) is 18.2 Å². The summed E-state index contributed by atoms with van der Waals surface area (Å²) in [5.74, 6) is 1.74. The molecule has 94 valence electrons. The van der Waals surface area contributed by atoms with E-state index in [-0.39, 0.29) is 0 Å². The monoisotopic (exact) mass is 282 g/mol. The first-order valence-electron chi connectivity index (χ1n) is 5.43. The number of anilines is 3. The summed E-state index contributed by atoms with van der Waals surface area (Å²) in [5.41, 5.74) is 6.46. The second-order valence-electron chi connectivity index (χ2n) is 3.73. The van der Waals surface area contributed by atoms with E-state index >= 15 is 0 Å². The topological polar surface area (TPSA) is 63.8 Å². The highest BCUT2D eigenvalue weighted by molar-refractivity contribution is 6.35. The molecule has 3 N–H and O–H groups in total. The van der Waals surface area contributed by atoms with Crippen LogP contribution < -0.4 is 11.1 Å². The Morgan fingerprint density at radius 1 is 1.11 bits per heavy atom. The number of nitrogens with zero attached hydrogens (tertiary/aromatic N) is 2. The van der Waals surface area contributed by atoms with Gasteiger partial charge in [-0.2, -0.15) is 0 Å². The Bertz CT molecular complexity index is 552. The average molecular weight is 283 g/mol. The lowest BCUT2D eigenvalue weighted by Gasteiger charge is -2.08. The van der Waals surface area contributed by atoms with Crippen molar-refractivity contribution in [2.24, 2.45) is 0 Å². The van der Waals surface area contributed by atoms with E-state index in [0.717, 1.165) is 12.1 Å². The lowest BCUT2D eigenvalue weighted by Crippen LogP contribution is -2.02. The minimum Gasteiger partial charge on any atom is -0.384 e. The molecule has 4 nitrogen and oxygen atoms in total. The standard InChI is InChI=1S/C12H12Cl2N4/c1-2-11-17-10(15)6-12(18-11)16-9-4-7(13)3-8(14)5-9/h3-6H,2H2,1H3,(H3,15,16,17,18). The van der Waals surface area contributed by atoms with E-state index in [0.29, 0.717) is 27.5 Å². The van der Waals surface area contributed by atoms with Gasteiger partial charge in [-0.1, -0.05) is 30.1 Å². The number of hydrogen-bond acceptors (Lipinski definition) is 4. The maximum atomic E-state index is 5.92. The maximum absolute atomic E-state index is 5.92. The summed E-state index contributed by atoms with van der Waals surface area (Å²) >= 11 is 11.8. The molecule has 2 aromatic rings. The van der Waals surface area contributed by atoms with E-state index in [1.807, 2.05) is 6.92 Å². The van der Waals surface area contributed by atoms with Crippen molar-refractivity contribution in [2.45, 2.75) is 13.3 Å². The lowest BCUT2D eigenvalue weighted by atomic mass is 10.3. The van der Waals surface area contributed by atoms with E-state index < -0.39 is 0 Å². The molecule has 1 heterocycles. The third-order valence-corrected chi connectivity index (χ3v) is 2.68.